The van der Waals surface area contributed by atoms with Crippen LogP contribution >= 0.6 is 15.9 Å². The van der Waals surface area contributed by atoms with E-state index in [-0.39, 0.29) is 6.10 Å². The zero-order valence-electron chi connectivity index (χ0n) is 7.57. The van der Waals surface area contributed by atoms with Crippen LogP contribution in [0.5, 0.6) is 0 Å². The van der Waals surface area contributed by atoms with E-state index in [0.29, 0.717) is 22.7 Å². The molecule has 1 unspecified atom stereocenters. The molecule has 0 radical (unpaired) electrons. The number of rotatable bonds is 4. The number of oxime groups is 1. The van der Waals surface area contributed by atoms with Crippen LogP contribution in [0.15, 0.2) is 20.3 Å². The molecule has 6 heteroatoms. The molecule has 0 aromatic carbocycles. The van der Waals surface area contributed by atoms with Gasteiger partial charge in [-0.2, -0.15) is 0 Å². The molecular weight excluding hydrogens is 252 g/mol. The van der Waals surface area contributed by atoms with Gasteiger partial charge in [-0.25, -0.2) is 0 Å². The maximum Gasteiger partial charge on any atom is 0.185 e. The van der Waals surface area contributed by atoms with Crippen molar-refractivity contribution in [1.82, 2.24) is 5.16 Å². The lowest BCUT2D eigenvalue weighted by atomic mass is 10.3. The quantitative estimate of drug-likeness (QED) is 0.469. The molecule has 1 aliphatic rings. The molecule has 1 aromatic rings. The van der Waals surface area contributed by atoms with E-state index in [1.165, 1.54) is 0 Å². The second-order valence-electron chi connectivity index (χ2n) is 2.94. The van der Waals surface area contributed by atoms with Gasteiger partial charge in [0.05, 0.1) is 6.61 Å². The molecular formula is C8H9BrN2O3. The summed E-state index contributed by atoms with van der Waals surface area (Å²) in [5.41, 5.74) is 0.656. The summed E-state index contributed by atoms with van der Waals surface area (Å²) in [7, 11) is 0. The van der Waals surface area contributed by atoms with E-state index in [4.69, 9.17) is 14.1 Å². The summed E-state index contributed by atoms with van der Waals surface area (Å²) in [6.45, 7) is 3.05. The smallest absolute Gasteiger partial charge is 0.185 e. The maximum atomic E-state index is 5.04. The molecule has 1 fully saturated rings. The first-order valence-corrected chi connectivity index (χ1v) is 4.96. The van der Waals surface area contributed by atoms with Gasteiger partial charge in [-0.3, -0.25) is 0 Å². The van der Waals surface area contributed by atoms with Gasteiger partial charge in [-0.1, -0.05) is 10.3 Å². The second kappa shape index (κ2) is 4.10. The lowest BCUT2D eigenvalue weighted by Crippen LogP contribution is -2.00. The third kappa shape index (κ3) is 2.55. The lowest BCUT2D eigenvalue weighted by Gasteiger charge is -1.95. The zero-order chi connectivity index (χ0) is 9.97. The summed E-state index contributed by atoms with van der Waals surface area (Å²) < 4.78 is 10.6. The monoisotopic (exact) mass is 260 g/mol. The molecule has 1 atom stereocenters. The molecule has 0 amide bonds. The van der Waals surface area contributed by atoms with Gasteiger partial charge in [0.25, 0.3) is 0 Å². The predicted octanol–water partition coefficient (Wildman–Crippen LogP) is 1.58. The highest BCUT2D eigenvalue weighted by molar-refractivity contribution is 9.10. The minimum absolute atomic E-state index is 0.216. The van der Waals surface area contributed by atoms with Crippen molar-refractivity contribution in [3.05, 3.63) is 16.4 Å². The number of aromatic nitrogens is 1. The van der Waals surface area contributed by atoms with E-state index in [0.717, 1.165) is 6.61 Å². The van der Waals surface area contributed by atoms with Crippen molar-refractivity contribution in [2.75, 3.05) is 13.2 Å². The highest BCUT2D eigenvalue weighted by Crippen LogP contribution is 2.12. The number of hydrogen-bond donors (Lipinski definition) is 0. The summed E-state index contributed by atoms with van der Waals surface area (Å²) in [5, 5.41) is 7.54. The van der Waals surface area contributed by atoms with Crippen LogP contribution < -0.4 is 0 Å². The van der Waals surface area contributed by atoms with Crippen molar-refractivity contribution in [3.63, 3.8) is 0 Å². The molecule has 14 heavy (non-hydrogen) atoms. The lowest BCUT2D eigenvalue weighted by molar-refractivity contribution is 0.124. The molecule has 1 aliphatic heterocycles. The molecule has 0 saturated carbocycles. The zero-order valence-corrected chi connectivity index (χ0v) is 9.15. The topological polar surface area (TPSA) is 60.1 Å². The molecule has 1 saturated heterocycles. The van der Waals surface area contributed by atoms with E-state index in [1.807, 2.05) is 0 Å². The number of nitrogens with zero attached hydrogens (tertiary/aromatic N) is 2. The minimum Gasteiger partial charge on any atom is -0.393 e. The fourth-order valence-corrected chi connectivity index (χ4v) is 1.13. The van der Waals surface area contributed by atoms with Crippen LogP contribution in [0.4, 0.5) is 0 Å². The number of ether oxygens (including phenoxy) is 1. The number of epoxide rings is 1. The molecule has 1 aromatic heterocycles. The van der Waals surface area contributed by atoms with Crippen molar-refractivity contribution in [3.8, 4) is 0 Å². The van der Waals surface area contributed by atoms with Gasteiger partial charge in [0.1, 0.15) is 23.0 Å². The number of halogens is 1. The Morgan fingerprint density at radius 1 is 1.86 bits per heavy atom. The first-order chi connectivity index (χ1) is 6.75. The Hall–Kier alpha value is -0.880. The van der Waals surface area contributed by atoms with Crippen LogP contribution in [0.2, 0.25) is 0 Å². The largest absolute Gasteiger partial charge is 0.393 e. The van der Waals surface area contributed by atoms with Crippen molar-refractivity contribution < 1.29 is 14.1 Å². The fraction of sp³-hybridized carbons (Fsp3) is 0.500. The van der Waals surface area contributed by atoms with E-state index < -0.39 is 0 Å². The van der Waals surface area contributed by atoms with E-state index in [1.54, 1.807) is 13.0 Å². The number of hydrogen-bond acceptors (Lipinski definition) is 5. The molecule has 5 nitrogen and oxygen atoms in total. The summed E-state index contributed by atoms with van der Waals surface area (Å²) in [6, 6.07) is 1.73. The highest BCUT2D eigenvalue weighted by Gasteiger charge is 2.23. The first-order valence-electron chi connectivity index (χ1n) is 4.16. The molecule has 2 rings (SSSR count). The van der Waals surface area contributed by atoms with Crippen LogP contribution in [0, 0.1) is 0 Å². The van der Waals surface area contributed by atoms with Crippen LogP contribution in [0.3, 0.4) is 0 Å². The second-order valence-corrected chi connectivity index (χ2v) is 3.75. The van der Waals surface area contributed by atoms with Crippen LogP contribution in [-0.2, 0) is 9.57 Å². The summed E-state index contributed by atoms with van der Waals surface area (Å²) in [6.07, 6.45) is 0.216. The Balaban J connectivity index is 1.88. The van der Waals surface area contributed by atoms with Gasteiger partial charge in [0.2, 0.25) is 0 Å². The molecule has 0 aliphatic carbocycles. The minimum atomic E-state index is 0.216. The van der Waals surface area contributed by atoms with Gasteiger partial charge in [0.15, 0.2) is 5.76 Å². The normalized spacial score (nSPS) is 21.0. The van der Waals surface area contributed by atoms with Gasteiger partial charge in [0, 0.05) is 6.07 Å². The van der Waals surface area contributed by atoms with Crippen LogP contribution in [0.1, 0.15) is 12.7 Å². The van der Waals surface area contributed by atoms with Crippen LogP contribution in [-0.4, -0.2) is 30.2 Å². The van der Waals surface area contributed by atoms with E-state index >= 15 is 0 Å². The molecule has 2 heterocycles. The highest BCUT2D eigenvalue weighted by atomic mass is 79.9. The Morgan fingerprint density at radius 2 is 2.64 bits per heavy atom. The molecule has 0 N–H and O–H groups in total. The average molecular weight is 261 g/mol. The standard InChI is InChI=1S/C8H9BrN2O3/c1-5(7-2-8(9)11-14-7)10-13-4-6-3-12-6/h2,6H,3-4H2,1H3/b10-5+. The fourth-order valence-electron chi connectivity index (χ4n) is 0.851. The van der Waals surface area contributed by atoms with Gasteiger partial charge in [-0.15, -0.1) is 0 Å². The average Bonchev–Trinajstić information content (AvgIpc) is 2.87. The van der Waals surface area contributed by atoms with Crippen molar-refractivity contribution in [2.45, 2.75) is 13.0 Å². The van der Waals surface area contributed by atoms with Crippen molar-refractivity contribution in [1.29, 1.82) is 0 Å². The predicted molar refractivity (Wildman–Crippen MR) is 52.1 cm³/mol. The van der Waals surface area contributed by atoms with Gasteiger partial charge in [-0.05, 0) is 22.9 Å². The van der Waals surface area contributed by atoms with Crippen LogP contribution in [0.25, 0.3) is 0 Å². The van der Waals surface area contributed by atoms with Gasteiger partial charge >= 0.3 is 0 Å². The van der Waals surface area contributed by atoms with E-state index in [2.05, 4.69) is 26.2 Å². The molecule has 0 spiro atoms. The third-order valence-electron chi connectivity index (χ3n) is 1.70. The Labute approximate surface area is 89.2 Å². The van der Waals surface area contributed by atoms with Gasteiger partial charge < -0.3 is 14.1 Å². The molecule has 76 valence electrons. The first kappa shape index (κ1) is 9.67. The van der Waals surface area contributed by atoms with E-state index in [9.17, 15) is 0 Å². The SMILES string of the molecule is C/C(=N\OCC1CO1)c1cc(Br)no1. The van der Waals surface area contributed by atoms with Crippen molar-refractivity contribution >= 4 is 21.6 Å². The Kier molecular flexibility index (Phi) is 2.83. The summed E-state index contributed by atoms with van der Waals surface area (Å²) in [5.74, 6) is 0.591. The summed E-state index contributed by atoms with van der Waals surface area (Å²) in [4.78, 5) is 5.04. The van der Waals surface area contributed by atoms with Crippen molar-refractivity contribution in [2.24, 2.45) is 5.16 Å². The summed E-state index contributed by atoms with van der Waals surface area (Å²) >= 11 is 3.18. The Bertz CT molecular complexity index is 346. The Morgan fingerprint density at radius 3 is 3.21 bits per heavy atom. The third-order valence-corrected chi connectivity index (χ3v) is 2.08. The molecule has 0 bridgehead atoms. The maximum absolute atomic E-state index is 5.04.